The van der Waals surface area contributed by atoms with Crippen LogP contribution in [0.3, 0.4) is 0 Å². The maximum atomic E-state index is 10.6. The summed E-state index contributed by atoms with van der Waals surface area (Å²) in [4.78, 5) is 10.2. The third kappa shape index (κ3) is 1.34. The van der Waals surface area contributed by atoms with Gasteiger partial charge in [-0.1, -0.05) is 11.6 Å². The Morgan fingerprint density at radius 3 is 2.93 bits per heavy atom. The number of fused-ring (bicyclic) bond motifs is 1. The van der Waals surface area contributed by atoms with Crippen LogP contribution >= 0.6 is 34.2 Å². The van der Waals surface area contributed by atoms with Crippen molar-refractivity contribution in [2.45, 2.75) is 0 Å². The summed E-state index contributed by atoms with van der Waals surface area (Å²) in [6, 6.07) is 2.85. The second-order valence-electron chi connectivity index (χ2n) is 2.58. The van der Waals surface area contributed by atoms with Gasteiger partial charge in [0.2, 0.25) is 0 Å². The average Bonchev–Trinajstić information content (AvgIpc) is 2.49. The monoisotopic (exact) mass is 323 g/mol. The second kappa shape index (κ2) is 3.35. The highest BCUT2D eigenvalue weighted by molar-refractivity contribution is 14.1. The zero-order valence-corrected chi connectivity index (χ0v) is 9.53. The third-order valence-corrected chi connectivity index (χ3v) is 2.88. The van der Waals surface area contributed by atoms with E-state index in [9.17, 15) is 10.1 Å². The lowest BCUT2D eigenvalue weighted by Crippen LogP contribution is -1.89. The van der Waals surface area contributed by atoms with Crippen LogP contribution in [0.4, 0.5) is 5.69 Å². The molecular weight excluding hydrogens is 320 g/mol. The highest BCUT2D eigenvalue weighted by Crippen LogP contribution is 2.32. The molecule has 7 heteroatoms. The molecule has 0 unspecified atom stereocenters. The summed E-state index contributed by atoms with van der Waals surface area (Å²) in [5.41, 5.74) is 0.260. The number of H-pyrrole nitrogens is 1. The molecule has 0 saturated heterocycles. The largest absolute Gasteiger partial charge is 0.297 e. The first-order valence-corrected chi connectivity index (χ1v) is 5.03. The highest BCUT2D eigenvalue weighted by atomic mass is 127. The number of aromatic amines is 1. The lowest BCUT2D eigenvalue weighted by atomic mass is 10.2. The van der Waals surface area contributed by atoms with Gasteiger partial charge in [0.05, 0.1) is 15.3 Å². The molecule has 0 bridgehead atoms. The van der Waals surface area contributed by atoms with Gasteiger partial charge in [0.15, 0.2) is 5.52 Å². The number of nitrogens with zero attached hydrogens (tertiary/aromatic N) is 2. The van der Waals surface area contributed by atoms with Crippen molar-refractivity contribution in [2.24, 2.45) is 0 Å². The minimum atomic E-state index is -0.477. The van der Waals surface area contributed by atoms with E-state index < -0.39 is 4.92 Å². The zero-order valence-electron chi connectivity index (χ0n) is 6.62. The van der Waals surface area contributed by atoms with Gasteiger partial charge in [0, 0.05) is 6.07 Å². The molecule has 0 fully saturated rings. The predicted octanol–water partition coefficient (Wildman–Crippen LogP) is 2.73. The SMILES string of the molecule is O=[N+]([O-])c1ccc(Cl)c2c(I)[nH]nc12. The molecular formula is C7H3ClIN3O2. The fourth-order valence-corrected chi connectivity index (χ4v) is 2.26. The van der Waals surface area contributed by atoms with E-state index in [0.717, 1.165) is 0 Å². The molecule has 0 atom stereocenters. The molecule has 0 aliphatic carbocycles. The molecule has 14 heavy (non-hydrogen) atoms. The van der Waals surface area contributed by atoms with Crippen molar-refractivity contribution in [2.75, 3.05) is 0 Å². The fourth-order valence-electron chi connectivity index (χ4n) is 1.19. The average molecular weight is 323 g/mol. The summed E-state index contributed by atoms with van der Waals surface area (Å²) in [5, 5.41) is 18.2. The number of hydrogen-bond donors (Lipinski definition) is 1. The molecule has 0 amide bonds. The third-order valence-electron chi connectivity index (χ3n) is 1.79. The molecule has 1 aromatic heterocycles. The van der Waals surface area contributed by atoms with Crippen molar-refractivity contribution in [1.29, 1.82) is 0 Å². The fraction of sp³-hybridized carbons (Fsp3) is 0. The Morgan fingerprint density at radius 2 is 2.29 bits per heavy atom. The molecule has 1 aromatic carbocycles. The van der Waals surface area contributed by atoms with Crippen LogP contribution in [0.2, 0.25) is 5.02 Å². The minimum Gasteiger partial charge on any atom is -0.271 e. The van der Waals surface area contributed by atoms with Crippen molar-refractivity contribution in [1.82, 2.24) is 10.2 Å². The number of nitro groups is 1. The summed E-state index contributed by atoms with van der Waals surface area (Å²) < 4.78 is 0.700. The van der Waals surface area contributed by atoms with Crippen molar-refractivity contribution >= 4 is 50.8 Å². The maximum Gasteiger partial charge on any atom is 0.297 e. The van der Waals surface area contributed by atoms with Crippen molar-refractivity contribution in [3.8, 4) is 0 Å². The van der Waals surface area contributed by atoms with Crippen LogP contribution in [-0.2, 0) is 0 Å². The summed E-state index contributed by atoms with van der Waals surface area (Å²) in [6.07, 6.45) is 0. The standard InChI is InChI=1S/C7H3ClIN3O2/c8-3-1-2-4(12(13)14)6-5(3)7(9)11-10-6/h1-2H,(H,10,11). The number of hydrogen-bond acceptors (Lipinski definition) is 3. The number of aromatic nitrogens is 2. The van der Waals surface area contributed by atoms with Crippen LogP contribution in [0.15, 0.2) is 12.1 Å². The first-order chi connectivity index (χ1) is 6.61. The number of non-ortho nitro benzene ring substituents is 1. The van der Waals surface area contributed by atoms with Crippen molar-refractivity contribution in [3.05, 3.63) is 31.0 Å². The summed E-state index contributed by atoms with van der Waals surface area (Å²) in [6.45, 7) is 0. The van der Waals surface area contributed by atoms with E-state index in [1.165, 1.54) is 12.1 Å². The van der Waals surface area contributed by atoms with Crippen LogP contribution in [0.5, 0.6) is 0 Å². The summed E-state index contributed by atoms with van der Waals surface area (Å²) in [5.74, 6) is 0. The van der Waals surface area contributed by atoms with Gasteiger partial charge < -0.3 is 0 Å². The van der Waals surface area contributed by atoms with Crippen LogP contribution in [0.25, 0.3) is 10.9 Å². The van der Waals surface area contributed by atoms with E-state index in [0.29, 0.717) is 19.6 Å². The van der Waals surface area contributed by atoms with Gasteiger partial charge >= 0.3 is 0 Å². The molecule has 0 aliphatic rings. The molecule has 0 saturated carbocycles. The number of rotatable bonds is 1. The highest BCUT2D eigenvalue weighted by Gasteiger charge is 2.18. The van der Waals surface area contributed by atoms with Gasteiger partial charge in [-0.3, -0.25) is 15.2 Å². The molecule has 0 aliphatic heterocycles. The molecule has 2 rings (SSSR count). The Kier molecular flexibility index (Phi) is 2.31. The first kappa shape index (κ1) is 9.66. The normalized spacial score (nSPS) is 10.7. The van der Waals surface area contributed by atoms with Crippen molar-refractivity contribution in [3.63, 3.8) is 0 Å². The summed E-state index contributed by atoms with van der Waals surface area (Å²) >= 11 is 7.89. The minimum absolute atomic E-state index is 0.0384. The Morgan fingerprint density at radius 1 is 1.57 bits per heavy atom. The smallest absolute Gasteiger partial charge is 0.271 e. The van der Waals surface area contributed by atoms with E-state index in [4.69, 9.17) is 11.6 Å². The predicted molar refractivity (Wildman–Crippen MR) is 60.5 cm³/mol. The topological polar surface area (TPSA) is 71.8 Å². The Hall–Kier alpha value is -0.890. The van der Waals surface area contributed by atoms with Gasteiger partial charge in [0.25, 0.3) is 5.69 Å². The van der Waals surface area contributed by atoms with Crippen LogP contribution in [0, 0.1) is 13.8 Å². The Labute approximate surface area is 96.7 Å². The molecule has 1 heterocycles. The lowest BCUT2D eigenvalue weighted by molar-refractivity contribution is -0.383. The van der Waals surface area contributed by atoms with E-state index in [-0.39, 0.29) is 5.69 Å². The molecule has 0 radical (unpaired) electrons. The van der Waals surface area contributed by atoms with Crippen molar-refractivity contribution < 1.29 is 4.92 Å². The summed E-state index contributed by atoms with van der Waals surface area (Å²) in [7, 11) is 0. The number of halogens is 2. The van der Waals surface area contributed by atoms with E-state index in [2.05, 4.69) is 10.2 Å². The van der Waals surface area contributed by atoms with E-state index in [1.807, 2.05) is 22.6 Å². The van der Waals surface area contributed by atoms with Crippen LogP contribution in [0.1, 0.15) is 0 Å². The number of nitrogens with one attached hydrogen (secondary N) is 1. The van der Waals surface area contributed by atoms with Gasteiger partial charge in [0.1, 0.15) is 3.70 Å². The molecule has 1 N–H and O–H groups in total. The zero-order chi connectivity index (χ0) is 10.3. The second-order valence-corrected chi connectivity index (χ2v) is 4.07. The molecule has 5 nitrogen and oxygen atoms in total. The maximum absolute atomic E-state index is 10.6. The quantitative estimate of drug-likeness (QED) is 0.498. The Bertz CT molecular complexity index is 525. The molecule has 2 aromatic rings. The lowest BCUT2D eigenvalue weighted by Gasteiger charge is -1.94. The van der Waals surface area contributed by atoms with Gasteiger partial charge in [-0.25, -0.2) is 0 Å². The molecule has 0 spiro atoms. The Balaban J connectivity index is 2.90. The van der Waals surface area contributed by atoms with Crippen LogP contribution in [-0.4, -0.2) is 15.1 Å². The first-order valence-electron chi connectivity index (χ1n) is 3.57. The molecule has 72 valence electrons. The van der Waals surface area contributed by atoms with Gasteiger partial charge in [-0.15, -0.1) is 0 Å². The van der Waals surface area contributed by atoms with Gasteiger partial charge in [-0.05, 0) is 28.7 Å². The number of benzene rings is 1. The van der Waals surface area contributed by atoms with E-state index >= 15 is 0 Å². The van der Waals surface area contributed by atoms with E-state index in [1.54, 1.807) is 0 Å². The number of nitro benzene ring substituents is 1. The van der Waals surface area contributed by atoms with Crippen LogP contribution < -0.4 is 0 Å². The van der Waals surface area contributed by atoms with Gasteiger partial charge in [-0.2, -0.15) is 5.10 Å².